The molecule has 11 heteroatoms. The van der Waals surface area contributed by atoms with Gasteiger partial charge in [-0.2, -0.15) is 13.5 Å². The van der Waals surface area contributed by atoms with Crippen LogP contribution in [0.4, 0.5) is 14.5 Å². The summed E-state index contributed by atoms with van der Waals surface area (Å²) >= 11 is 7.05. The highest BCUT2D eigenvalue weighted by Gasteiger charge is 2.14. The Labute approximate surface area is 161 Å². The van der Waals surface area contributed by atoms with Crippen molar-refractivity contribution in [3.63, 3.8) is 0 Å². The molecule has 3 aromatic rings. The number of hydrogen-bond acceptors (Lipinski definition) is 6. The first-order chi connectivity index (χ1) is 13.0. The summed E-state index contributed by atoms with van der Waals surface area (Å²) in [6.45, 7) is -2.99. The molecule has 7 nitrogen and oxygen atoms in total. The van der Waals surface area contributed by atoms with Crippen molar-refractivity contribution in [3.8, 4) is 11.4 Å². The third kappa shape index (κ3) is 5.14. The molecule has 0 atom stereocenters. The molecule has 0 spiro atoms. The van der Waals surface area contributed by atoms with Crippen LogP contribution in [0.2, 0.25) is 5.02 Å². The summed E-state index contributed by atoms with van der Waals surface area (Å²) in [6.07, 6.45) is 0. The molecule has 2 aromatic carbocycles. The zero-order valence-electron chi connectivity index (χ0n) is 13.6. The fraction of sp³-hybridized carbons (Fsp3) is 0.125. The van der Waals surface area contributed by atoms with E-state index in [9.17, 15) is 13.6 Å². The first kappa shape index (κ1) is 19.1. The van der Waals surface area contributed by atoms with Gasteiger partial charge in [0.05, 0.1) is 17.1 Å². The molecular weight excluding hydrogens is 400 g/mol. The largest absolute Gasteiger partial charge is 0.433 e. The Morgan fingerprint density at radius 3 is 2.85 bits per heavy atom. The Bertz CT molecular complexity index is 940. The van der Waals surface area contributed by atoms with E-state index in [1.54, 1.807) is 30.3 Å². The highest BCUT2D eigenvalue weighted by atomic mass is 35.5. The van der Waals surface area contributed by atoms with Crippen molar-refractivity contribution in [2.24, 2.45) is 0 Å². The molecule has 140 valence electrons. The normalized spacial score (nSPS) is 10.8. The van der Waals surface area contributed by atoms with Crippen LogP contribution in [0.15, 0.2) is 53.7 Å². The van der Waals surface area contributed by atoms with Gasteiger partial charge >= 0.3 is 6.61 Å². The van der Waals surface area contributed by atoms with Gasteiger partial charge in [0.25, 0.3) is 0 Å². The first-order valence-corrected chi connectivity index (χ1v) is 8.90. The van der Waals surface area contributed by atoms with Crippen molar-refractivity contribution in [3.05, 3.63) is 53.6 Å². The first-order valence-electron chi connectivity index (χ1n) is 7.54. The van der Waals surface area contributed by atoms with Gasteiger partial charge in [-0.25, -0.2) is 0 Å². The fourth-order valence-electron chi connectivity index (χ4n) is 2.12. The van der Waals surface area contributed by atoms with Crippen molar-refractivity contribution in [1.82, 2.24) is 20.2 Å². The number of hydrogen-bond donors (Lipinski definition) is 1. The monoisotopic (exact) mass is 411 g/mol. The predicted molar refractivity (Wildman–Crippen MR) is 96.6 cm³/mol. The van der Waals surface area contributed by atoms with Crippen molar-refractivity contribution in [2.75, 3.05) is 11.1 Å². The molecule has 0 unspecified atom stereocenters. The second-order valence-electron chi connectivity index (χ2n) is 5.06. The molecule has 0 aliphatic heterocycles. The van der Waals surface area contributed by atoms with Crippen LogP contribution in [0.3, 0.4) is 0 Å². The number of tetrazole rings is 1. The average Bonchev–Trinajstić information content (AvgIpc) is 3.10. The zero-order valence-corrected chi connectivity index (χ0v) is 15.1. The lowest BCUT2D eigenvalue weighted by atomic mass is 10.3. The van der Waals surface area contributed by atoms with Crippen LogP contribution >= 0.6 is 23.4 Å². The quantitative estimate of drug-likeness (QED) is 0.598. The minimum absolute atomic E-state index is 0.0377. The number of rotatable bonds is 7. The van der Waals surface area contributed by atoms with E-state index < -0.39 is 12.5 Å². The van der Waals surface area contributed by atoms with E-state index >= 15 is 0 Å². The molecule has 27 heavy (non-hydrogen) atoms. The molecule has 1 heterocycles. The van der Waals surface area contributed by atoms with Gasteiger partial charge in [-0.15, -0.1) is 5.10 Å². The lowest BCUT2D eigenvalue weighted by Crippen LogP contribution is -2.16. The summed E-state index contributed by atoms with van der Waals surface area (Å²) < 4.78 is 30.7. The van der Waals surface area contributed by atoms with Gasteiger partial charge in [0, 0.05) is 5.02 Å². The van der Waals surface area contributed by atoms with E-state index in [1.165, 1.54) is 22.9 Å². The third-order valence-electron chi connectivity index (χ3n) is 3.20. The average molecular weight is 412 g/mol. The lowest BCUT2D eigenvalue weighted by molar-refractivity contribution is -0.113. The molecule has 1 amide bonds. The number of nitrogens with one attached hydrogen (secondary N) is 1. The molecule has 0 saturated carbocycles. The van der Waals surface area contributed by atoms with Gasteiger partial charge in [-0.1, -0.05) is 41.6 Å². The Morgan fingerprint density at radius 2 is 2.07 bits per heavy atom. The summed E-state index contributed by atoms with van der Waals surface area (Å²) in [5.74, 6) is -0.579. The van der Waals surface area contributed by atoms with E-state index in [0.717, 1.165) is 11.8 Å². The summed E-state index contributed by atoms with van der Waals surface area (Å²) in [5.41, 5.74) is 0.795. The number of nitrogens with zero attached hydrogens (tertiary/aromatic N) is 4. The van der Waals surface area contributed by atoms with Gasteiger partial charge in [-0.3, -0.25) is 4.79 Å². The number of carbonyl (C=O) groups is 1. The molecule has 0 fully saturated rings. The molecule has 0 radical (unpaired) electrons. The van der Waals surface area contributed by atoms with Crippen molar-refractivity contribution < 1.29 is 18.3 Å². The van der Waals surface area contributed by atoms with E-state index in [1.807, 2.05) is 0 Å². The molecule has 0 aliphatic carbocycles. The van der Waals surface area contributed by atoms with Crippen LogP contribution in [-0.4, -0.2) is 38.5 Å². The number of halogens is 3. The number of carbonyl (C=O) groups excluding carboxylic acids is 1. The molecule has 0 saturated heterocycles. The maximum atomic E-state index is 12.4. The maximum absolute atomic E-state index is 12.4. The number of amides is 1. The summed E-state index contributed by atoms with van der Waals surface area (Å²) in [5, 5.41) is 14.8. The van der Waals surface area contributed by atoms with E-state index in [4.69, 9.17) is 11.6 Å². The number of thioether (sulfide) groups is 1. The van der Waals surface area contributed by atoms with Crippen LogP contribution < -0.4 is 10.1 Å². The van der Waals surface area contributed by atoms with Crippen LogP contribution in [0, 0.1) is 0 Å². The highest BCUT2D eigenvalue weighted by molar-refractivity contribution is 7.99. The van der Waals surface area contributed by atoms with Gasteiger partial charge in [-0.05, 0) is 40.8 Å². The summed E-state index contributed by atoms with van der Waals surface area (Å²) in [4.78, 5) is 12.2. The number of alkyl halides is 2. The van der Waals surface area contributed by atoms with Crippen LogP contribution in [-0.2, 0) is 4.79 Å². The van der Waals surface area contributed by atoms with Gasteiger partial charge in [0.1, 0.15) is 5.75 Å². The Hall–Kier alpha value is -2.72. The number of benzene rings is 2. The van der Waals surface area contributed by atoms with Crippen LogP contribution in [0.1, 0.15) is 0 Å². The SMILES string of the molecule is O=C(CSc1nnnn1-c1cccc(Cl)c1)Nc1ccccc1OC(F)F. The number of aromatic nitrogens is 4. The topological polar surface area (TPSA) is 81.9 Å². The molecule has 1 N–H and O–H groups in total. The van der Waals surface area contributed by atoms with E-state index in [2.05, 4.69) is 25.6 Å². The molecular formula is C16H12ClF2N5O2S. The molecule has 1 aromatic heterocycles. The highest BCUT2D eigenvalue weighted by Crippen LogP contribution is 2.26. The van der Waals surface area contributed by atoms with Crippen LogP contribution in [0.5, 0.6) is 5.75 Å². The van der Waals surface area contributed by atoms with E-state index in [0.29, 0.717) is 15.9 Å². The minimum atomic E-state index is -2.99. The summed E-state index contributed by atoms with van der Waals surface area (Å²) in [6, 6.07) is 12.9. The molecule has 0 aliphatic rings. The number of ether oxygens (including phenoxy) is 1. The standard InChI is InChI=1S/C16H12ClF2N5O2S/c17-10-4-3-5-11(8-10)24-16(21-22-23-24)27-9-14(25)20-12-6-1-2-7-13(12)26-15(18)19/h1-8,15H,9H2,(H,20,25). The number of anilines is 1. The van der Waals surface area contributed by atoms with E-state index in [-0.39, 0.29) is 17.2 Å². The van der Waals surface area contributed by atoms with Crippen molar-refractivity contribution >= 4 is 35.0 Å². The second kappa shape index (κ2) is 8.78. The Kier molecular flexibility index (Phi) is 6.20. The van der Waals surface area contributed by atoms with Crippen molar-refractivity contribution in [2.45, 2.75) is 11.8 Å². The van der Waals surface area contributed by atoms with Gasteiger partial charge < -0.3 is 10.1 Å². The Balaban J connectivity index is 1.65. The predicted octanol–water partition coefficient (Wildman–Crippen LogP) is 3.65. The fourth-order valence-corrected chi connectivity index (χ4v) is 3.00. The molecule has 0 bridgehead atoms. The van der Waals surface area contributed by atoms with Gasteiger partial charge in [0.15, 0.2) is 0 Å². The smallest absolute Gasteiger partial charge is 0.387 e. The molecule has 3 rings (SSSR count). The zero-order chi connectivity index (χ0) is 19.2. The number of para-hydroxylation sites is 2. The maximum Gasteiger partial charge on any atom is 0.387 e. The van der Waals surface area contributed by atoms with Crippen LogP contribution in [0.25, 0.3) is 5.69 Å². The third-order valence-corrected chi connectivity index (χ3v) is 4.36. The summed E-state index contributed by atoms with van der Waals surface area (Å²) in [7, 11) is 0. The minimum Gasteiger partial charge on any atom is -0.433 e. The second-order valence-corrected chi connectivity index (χ2v) is 6.44. The van der Waals surface area contributed by atoms with Gasteiger partial charge in [0.2, 0.25) is 11.1 Å². The Morgan fingerprint density at radius 1 is 1.26 bits per heavy atom. The van der Waals surface area contributed by atoms with Crippen molar-refractivity contribution in [1.29, 1.82) is 0 Å². The lowest BCUT2D eigenvalue weighted by Gasteiger charge is -2.11.